The van der Waals surface area contributed by atoms with Crippen LogP contribution < -0.4 is 11.5 Å². The highest BCUT2D eigenvalue weighted by Gasteiger charge is 2.58. The zero-order valence-electron chi connectivity index (χ0n) is 13.6. The van der Waals surface area contributed by atoms with Gasteiger partial charge in [0, 0.05) is 0 Å². The van der Waals surface area contributed by atoms with Crippen molar-refractivity contribution in [3.05, 3.63) is 12.7 Å². The summed E-state index contributed by atoms with van der Waals surface area (Å²) in [4.78, 5) is 23.7. The predicted octanol–water partition coefficient (Wildman–Crippen LogP) is -1.33. The number of aromatic nitrogens is 4. The van der Waals surface area contributed by atoms with Crippen molar-refractivity contribution in [1.82, 2.24) is 19.5 Å². The predicted molar refractivity (Wildman–Crippen MR) is 82.7 cm³/mol. The zero-order valence-corrected chi connectivity index (χ0v) is 13.6. The number of nitrogen functional groups attached to an aromatic ring is 1. The van der Waals surface area contributed by atoms with Crippen molar-refractivity contribution in [3.8, 4) is 0 Å². The van der Waals surface area contributed by atoms with Crippen molar-refractivity contribution in [2.75, 3.05) is 5.73 Å². The van der Waals surface area contributed by atoms with Gasteiger partial charge in [-0.2, -0.15) is 0 Å². The molecule has 0 radical (unpaired) electrons. The van der Waals surface area contributed by atoms with E-state index in [4.69, 9.17) is 25.7 Å². The fraction of sp³-hybridized carbons (Fsp3) is 0.571. The molecular formula is C14H18N6O5. The summed E-state index contributed by atoms with van der Waals surface area (Å²) in [7, 11) is 0. The van der Waals surface area contributed by atoms with Crippen molar-refractivity contribution in [3.63, 3.8) is 0 Å². The van der Waals surface area contributed by atoms with Crippen molar-refractivity contribution < 1.29 is 24.1 Å². The lowest BCUT2D eigenvalue weighted by Crippen LogP contribution is -2.45. The number of amides is 1. The summed E-state index contributed by atoms with van der Waals surface area (Å²) in [5, 5.41) is 10.1. The minimum Gasteiger partial charge on any atom is -0.382 e. The highest BCUT2D eigenvalue weighted by atomic mass is 16.8. The molecule has 2 fully saturated rings. The molecule has 0 spiro atoms. The number of aliphatic hydroxyl groups is 1. The summed E-state index contributed by atoms with van der Waals surface area (Å²) < 4.78 is 19.2. The van der Waals surface area contributed by atoms with Gasteiger partial charge in [0.05, 0.1) is 6.33 Å². The lowest BCUT2D eigenvalue weighted by molar-refractivity contribution is -0.207. The van der Waals surface area contributed by atoms with E-state index in [1.54, 1.807) is 18.4 Å². The molecule has 11 heteroatoms. The molecule has 11 nitrogen and oxygen atoms in total. The van der Waals surface area contributed by atoms with Crippen molar-refractivity contribution in [1.29, 1.82) is 0 Å². The van der Waals surface area contributed by atoms with Crippen LogP contribution in [0.3, 0.4) is 0 Å². The second-order valence-corrected chi connectivity index (χ2v) is 6.49. The summed E-state index contributed by atoms with van der Waals surface area (Å²) in [6, 6.07) is 0. The minimum atomic E-state index is -1.54. The van der Waals surface area contributed by atoms with Crippen LogP contribution in [0.2, 0.25) is 0 Å². The van der Waals surface area contributed by atoms with Crippen molar-refractivity contribution in [2.24, 2.45) is 5.73 Å². The first-order chi connectivity index (χ1) is 11.8. The molecule has 2 saturated heterocycles. The third-order valence-corrected chi connectivity index (χ3v) is 4.33. The number of nitrogens with zero attached hydrogens (tertiary/aromatic N) is 4. The molecule has 5 N–H and O–H groups in total. The number of ether oxygens (including phenoxy) is 3. The molecule has 2 aliphatic heterocycles. The molecule has 4 heterocycles. The second-order valence-electron chi connectivity index (χ2n) is 6.49. The molecule has 2 aliphatic rings. The number of imidazole rings is 1. The van der Waals surface area contributed by atoms with Crippen LogP contribution in [0.4, 0.5) is 5.82 Å². The Bertz CT molecular complexity index is 838. The average molecular weight is 350 g/mol. The van der Waals surface area contributed by atoms with Gasteiger partial charge in [-0.1, -0.05) is 0 Å². The Labute approximate surface area is 141 Å². The Morgan fingerprint density at radius 1 is 1.32 bits per heavy atom. The quantitative estimate of drug-likeness (QED) is 0.609. The summed E-state index contributed by atoms with van der Waals surface area (Å²) in [5.41, 5.74) is 11.9. The third kappa shape index (κ3) is 2.43. The number of fused-ring (bicyclic) bond motifs is 2. The largest absolute Gasteiger partial charge is 0.382 e. The molecule has 4 rings (SSSR count). The first-order valence-corrected chi connectivity index (χ1v) is 7.70. The van der Waals surface area contributed by atoms with Gasteiger partial charge >= 0.3 is 0 Å². The van der Waals surface area contributed by atoms with Gasteiger partial charge in [0.2, 0.25) is 5.91 Å². The maximum absolute atomic E-state index is 11.4. The number of nitrogens with two attached hydrogens (primary N) is 2. The van der Waals surface area contributed by atoms with Crippen LogP contribution in [0.15, 0.2) is 12.7 Å². The molecule has 2 aromatic rings. The molecule has 0 bridgehead atoms. The van der Waals surface area contributed by atoms with Gasteiger partial charge in [0.25, 0.3) is 0 Å². The number of primary amides is 1. The van der Waals surface area contributed by atoms with E-state index in [-0.39, 0.29) is 5.82 Å². The number of carbonyl (C=O) groups excluding carboxylic acids is 1. The molecule has 0 aliphatic carbocycles. The van der Waals surface area contributed by atoms with Crippen LogP contribution in [0.25, 0.3) is 11.2 Å². The van der Waals surface area contributed by atoms with Crippen molar-refractivity contribution >= 4 is 22.9 Å². The third-order valence-electron chi connectivity index (χ3n) is 4.33. The smallest absolute Gasteiger partial charge is 0.249 e. The topological polar surface area (TPSA) is 161 Å². The number of carbonyl (C=O) groups is 1. The molecule has 0 unspecified atom stereocenters. The second kappa shape index (κ2) is 5.33. The maximum Gasteiger partial charge on any atom is 0.249 e. The van der Waals surface area contributed by atoms with E-state index in [1.165, 1.54) is 12.7 Å². The molecule has 1 amide bonds. The Balaban J connectivity index is 1.76. The minimum absolute atomic E-state index is 0.232. The van der Waals surface area contributed by atoms with E-state index in [0.717, 1.165) is 0 Å². The van der Waals surface area contributed by atoms with Crippen LogP contribution in [0.1, 0.15) is 20.1 Å². The number of hydrogen-bond donors (Lipinski definition) is 3. The molecule has 0 aromatic carbocycles. The van der Waals surface area contributed by atoms with E-state index in [1.807, 2.05) is 0 Å². The van der Waals surface area contributed by atoms with Gasteiger partial charge in [-0.05, 0) is 13.8 Å². The Hall–Kier alpha value is -2.34. The maximum atomic E-state index is 11.4. The normalized spacial score (nSPS) is 32.0. The highest BCUT2D eigenvalue weighted by Crippen LogP contribution is 2.44. The summed E-state index contributed by atoms with van der Waals surface area (Å²) in [6.07, 6.45) is -1.72. The Morgan fingerprint density at radius 3 is 2.76 bits per heavy atom. The molecule has 5 atom stereocenters. The molecule has 25 heavy (non-hydrogen) atoms. The van der Waals surface area contributed by atoms with Gasteiger partial charge < -0.3 is 30.8 Å². The summed E-state index contributed by atoms with van der Waals surface area (Å²) in [6.45, 7) is 3.48. The van der Waals surface area contributed by atoms with E-state index in [9.17, 15) is 9.90 Å². The van der Waals surface area contributed by atoms with Crippen LogP contribution in [0.5, 0.6) is 0 Å². The summed E-state index contributed by atoms with van der Waals surface area (Å²) >= 11 is 0. The van der Waals surface area contributed by atoms with Crippen LogP contribution in [0, 0.1) is 0 Å². The van der Waals surface area contributed by atoms with E-state index in [2.05, 4.69) is 15.0 Å². The fourth-order valence-corrected chi connectivity index (χ4v) is 3.30. The number of rotatable bonds is 3. The fourth-order valence-electron chi connectivity index (χ4n) is 3.30. The van der Waals surface area contributed by atoms with E-state index < -0.39 is 42.3 Å². The van der Waals surface area contributed by atoms with Crippen LogP contribution in [-0.2, 0) is 19.0 Å². The van der Waals surface area contributed by atoms with Gasteiger partial charge in [-0.25, -0.2) is 15.0 Å². The average Bonchev–Trinajstić information content (AvgIpc) is 3.17. The standard InChI is InChI=1S/C14H18N6O5/c1-14(2)24-8-7(6(21)11(16)22)23-13(9(8)25-14)20-4-19-5-10(15)17-3-18-12(5)20/h3-4,6-9,13,21H,1-2H3,(H2,16,22)(H2,15,17,18)/t6-,7-,8-,9-,13-/m1/s1. The zero-order chi connectivity index (χ0) is 17.9. The molecule has 2 aromatic heterocycles. The molecule has 0 saturated carbocycles. The van der Waals surface area contributed by atoms with Crippen LogP contribution in [-0.4, -0.2) is 60.7 Å². The van der Waals surface area contributed by atoms with Gasteiger partial charge in [-0.3, -0.25) is 9.36 Å². The van der Waals surface area contributed by atoms with Gasteiger partial charge in [-0.15, -0.1) is 0 Å². The number of aliphatic hydroxyl groups excluding tert-OH is 1. The van der Waals surface area contributed by atoms with Crippen LogP contribution >= 0.6 is 0 Å². The lowest BCUT2D eigenvalue weighted by atomic mass is 10.1. The monoisotopic (exact) mass is 350 g/mol. The number of hydrogen-bond acceptors (Lipinski definition) is 9. The first-order valence-electron chi connectivity index (χ1n) is 7.70. The Morgan fingerprint density at radius 2 is 2.04 bits per heavy atom. The van der Waals surface area contributed by atoms with Gasteiger partial charge in [0.15, 0.2) is 29.6 Å². The van der Waals surface area contributed by atoms with E-state index >= 15 is 0 Å². The highest BCUT2D eigenvalue weighted by molar-refractivity contribution is 5.81. The lowest BCUT2D eigenvalue weighted by Gasteiger charge is -2.25. The SMILES string of the molecule is CC1(C)O[C@H]2[C@@H](O1)[C@H](n1cnc3c(N)ncnc31)O[C@@H]2[C@@H](O)C(N)=O. The van der Waals surface area contributed by atoms with Crippen molar-refractivity contribution in [2.45, 2.75) is 50.3 Å². The Kier molecular flexibility index (Phi) is 3.44. The number of anilines is 1. The molecular weight excluding hydrogens is 332 g/mol. The first kappa shape index (κ1) is 16.1. The molecule has 134 valence electrons. The van der Waals surface area contributed by atoms with E-state index in [0.29, 0.717) is 11.2 Å². The van der Waals surface area contributed by atoms with Gasteiger partial charge in [0.1, 0.15) is 30.2 Å². The summed E-state index contributed by atoms with van der Waals surface area (Å²) in [5.74, 6) is -1.58.